The maximum atomic E-state index is 12.5. The summed E-state index contributed by atoms with van der Waals surface area (Å²) in [4.78, 5) is 28.6. The number of hydrogen-bond acceptors (Lipinski definition) is 4. The number of nitrogens with zero attached hydrogens (tertiary/aromatic N) is 1. The molecule has 4 nitrogen and oxygen atoms in total. The lowest BCUT2D eigenvalue weighted by molar-refractivity contribution is 0.0603. The molecule has 0 aliphatic heterocycles. The number of esters is 1. The SMILES string of the molecule is COC(=O)c1cc2ccccc2c(=O)c2ncccc12. The van der Waals surface area contributed by atoms with Crippen LogP contribution >= 0.6 is 0 Å². The summed E-state index contributed by atoms with van der Waals surface area (Å²) < 4.78 is 4.81. The molecule has 20 heavy (non-hydrogen) atoms. The van der Waals surface area contributed by atoms with E-state index >= 15 is 0 Å². The van der Waals surface area contributed by atoms with Gasteiger partial charge in [-0.15, -0.1) is 0 Å². The van der Waals surface area contributed by atoms with Crippen molar-refractivity contribution in [2.45, 2.75) is 0 Å². The smallest absolute Gasteiger partial charge is 0.338 e. The van der Waals surface area contributed by atoms with Crippen LogP contribution in [0, 0.1) is 0 Å². The van der Waals surface area contributed by atoms with Gasteiger partial charge in [0.2, 0.25) is 5.43 Å². The largest absolute Gasteiger partial charge is 0.465 e. The second-order valence-corrected chi connectivity index (χ2v) is 4.37. The van der Waals surface area contributed by atoms with Crippen LogP contribution in [0.25, 0.3) is 21.7 Å². The van der Waals surface area contributed by atoms with Crippen molar-refractivity contribution < 1.29 is 9.53 Å². The summed E-state index contributed by atoms with van der Waals surface area (Å²) >= 11 is 0. The molecular weight excluding hydrogens is 254 g/mol. The van der Waals surface area contributed by atoms with Crippen LogP contribution in [0.1, 0.15) is 10.4 Å². The Labute approximate surface area is 114 Å². The molecule has 2 aromatic carbocycles. The van der Waals surface area contributed by atoms with Crippen molar-refractivity contribution in [3.8, 4) is 0 Å². The molecular formula is C16H11NO3. The summed E-state index contributed by atoms with van der Waals surface area (Å²) in [5.41, 5.74) is 0.425. The highest BCUT2D eigenvalue weighted by molar-refractivity contribution is 6.06. The van der Waals surface area contributed by atoms with E-state index in [1.54, 1.807) is 42.6 Å². The topological polar surface area (TPSA) is 56.3 Å². The van der Waals surface area contributed by atoms with Crippen LogP contribution in [0.2, 0.25) is 0 Å². The third-order valence-corrected chi connectivity index (χ3v) is 3.22. The van der Waals surface area contributed by atoms with Crippen LogP contribution in [0.4, 0.5) is 0 Å². The van der Waals surface area contributed by atoms with Gasteiger partial charge in [0.1, 0.15) is 5.52 Å². The first-order valence-electron chi connectivity index (χ1n) is 6.11. The normalized spacial score (nSPS) is 10.7. The highest BCUT2D eigenvalue weighted by Gasteiger charge is 2.13. The minimum absolute atomic E-state index is 0.189. The van der Waals surface area contributed by atoms with Crippen LogP contribution in [0.5, 0.6) is 0 Å². The van der Waals surface area contributed by atoms with Crippen LogP contribution < -0.4 is 5.43 Å². The molecule has 0 amide bonds. The third-order valence-electron chi connectivity index (χ3n) is 3.22. The minimum atomic E-state index is -0.483. The fourth-order valence-corrected chi connectivity index (χ4v) is 2.27. The van der Waals surface area contributed by atoms with E-state index in [-0.39, 0.29) is 10.9 Å². The predicted octanol–water partition coefficient (Wildman–Crippen LogP) is 2.53. The molecule has 0 N–H and O–H groups in total. The zero-order valence-corrected chi connectivity index (χ0v) is 10.8. The molecule has 0 spiro atoms. The highest BCUT2D eigenvalue weighted by Crippen LogP contribution is 2.19. The Kier molecular flexibility index (Phi) is 2.91. The molecule has 3 rings (SSSR count). The van der Waals surface area contributed by atoms with Crippen molar-refractivity contribution in [3.05, 3.63) is 64.4 Å². The molecule has 1 heterocycles. The third kappa shape index (κ3) is 1.82. The van der Waals surface area contributed by atoms with Crippen molar-refractivity contribution in [2.75, 3.05) is 7.11 Å². The van der Waals surface area contributed by atoms with Gasteiger partial charge in [0, 0.05) is 17.0 Å². The summed E-state index contributed by atoms with van der Waals surface area (Å²) in [5, 5.41) is 1.72. The molecule has 1 aromatic heterocycles. The molecule has 0 aliphatic rings. The quantitative estimate of drug-likeness (QED) is 0.634. The first-order valence-corrected chi connectivity index (χ1v) is 6.11. The van der Waals surface area contributed by atoms with Gasteiger partial charge in [0.15, 0.2) is 0 Å². The van der Waals surface area contributed by atoms with E-state index in [9.17, 15) is 9.59 Å². The van der Waals surface area contributed by atoms with Crippen molar-refractivity contribution in [1.82, 2.24) is 4.98 Å². The van der Waals surface area contributed by atoms with E-state index in [1.807, 2.05) is 6.07 Å². The molecule has 98 valence electrons. The molecule has 3 aromatic rings. The van der Waals surface area contributed by atoms with Gasteiger partial charge < -0.3 is 4.74 Å². The number of carbonyl (C=O) groups is 1. The lowest BCUT2D eigenvalue weighted by Gasteiger charge is -1.99. The number of hydrogen-bond donors (Lipinski definition) is 0. The predicted molar refractivity (Wildman–Crippen MR) is 76.9 cm³/mol. The van der Waals surface area contributed by atoms with Gasteiger partial charge in [0.25, 0.3) is 0 Å². The number of pyridine rings is 1. The Morgan fingerprint density at radius 3 is 2.65 bits per heavy atom. The number of fused-ring (bicyclic) bond motifs is 2. The molecule has 0 bridgehead atoms. The first-order chi connectivity index (χ1) is 9.72. The van der Waals surface area contributed by atoms with Gasteiger partial charge in [-0.3, -0.25) is 9.78 Å². The van der Waals surface area contributed by atoms with E-state index in [2.05, 4.69) is 4.98 Å². The average molecular weight is 265 g/mol. The maximum Gasteiger partial charge on any atom is 0.338 e. The van der Waals surface area contributed by atoms with E-state index in [4.69, 9.17) is 4.74 Å². The van der Waals surface area contributed by atoms with Crippen molar-refractivity contribution in [1.29, 1.82) is 0 Å². The van der Waals surface area contributed by atoms with Crippen molar-refractivity contribution >= 4 is 27.6 Å². The molecule has 0 fully saturated rings. The van der Waals surface area contributed by atoms with Gasteiger partial charge in [-0.1, -0.05) is 30.3 Å². The Morgan fingerprint density at radius 2 is 1.85 bits per heavy atom. The number of rotatable bonds is 1. The number of benzene rings is 1. The van der Waals surface area contributed by atoms with Crippen molar-refractivity contribution in [2.24, 2.45) is 0 Å². The van der Waals surface area contributed by atoms with Gasteiger partial charge >= 0.3 is 5.97 Å². The Hall–Kier alpha value is -2.75. The molecule has 4 heteroatoms. The number of ether oxygens (including phenoxy) is 1. The standard InChI is InChI=1S/C16H11NO3/c1-20-16(19)13-9-10-5-2-3-6-11(10)15(18)14-12(13)7-4-8-17-14/h2-9H,1H3. The average Bonchev–Trinajstić information content (AvgIpc) is 2.63. The lowest BCUT2D eigenvalue weighted by Crippen LogP contribution is -2.03. The number of aromatic nitrogens is 1. The number of carbonyl (C=O) groups excluding carboxylic acids is 1. The molecule has 0 radical (unpaired) electrons. The highest BCUT2D eigenvalue weighted by atomic mass is 16.5. The molecule has 0 unspecified atom stereocenters. The van der Waals surface area contributed by atoms with Gasteiger partial charge in [0.05, 0.1) is 12.7 Å². The summed E-state index contributed by atoms with van der Waals surface area (Å²) in [6.07, 6.45) is 1.54. The fraction of sp³-hybridized carbons (Fsp3) is 0.0625. The zero-order valence-electron chi connectivity index (χ0n) is 10.8. The Morgan fingerprint density at radius 1 is 1.10 bits per heavy atom. The zero-order chi connectivity index (χ0) is 14.1. The van der Waals surface area contributed by atoms with E-state index < -0.39 is 5.97 Å². The summed E-state index contributed by atoms with van der Waals surface area (Å²) in [6, 6.07) is 12.2. The lowest BCUT2D eigenvalue weighted by atomic mass is 10.1. The van der Waals surface area contributed by atoms with E-state index in [0.29, 0.717) is 21.7 Å². The molecule has 0 saturated heterocycles. The van der Waals surface area contributed by atoms with Crippen molar-refractivity contribution in [3.63, 3.8) is 0 Å². The molecule has 0 aliphatic carbocycles. The fourth-order valence-electron chi connectivity index (χ4n) is 2.27. The second-order valence-electron chi connectivity index (χ2n) is 4.37. The van der Waals surface area contributed by atoms with E-state index in [0.717, 1.165) is 0 Å². The van der Waals surface area contributed by atoms with Gasteiger partial charge in [-0.05, 0) is 17.5 Å². The van der Waals surface area contributed by atoms with Gasteiger partial charge in [-0.2, -0.15) is 0 Å². The Balaban J connectivity index is 2.64. The van der Waals surface area contributed by atoms with Gasteiger partial charge in [-0.25, -0.2) is 4.79 Å². The van der Waals surface area contributed by atoms with Crippen LogP contribution in [-0.2, 0) is 4.74 Å². The molecule has 0 atom stereocenters. The summed E-state index contributed by atoms with van der Waals surface area (Å²) in [7, 11) is 1.32. The van der Waals surface area contributed by atoms with Crippen LogP contribution in [0.3, 0.4) is 0 Å². The van der Waals surface area contributed by atoms with Crippen LogP contribution in [0.15, 0.2) is 53.5 Å². The monoisotopic (exact) mass is 265 g/mol. The maximum absolute atomic E-state index is 12.5. The Bertz CT molecular complexity index is 887. The number of methoxy groups -OCH3 is 1. The molecule has 0 saturated carbocycles. The van der Waals surface area contributed by atoms with E-state index in [1.165, 1.54) is 7.11 Å². The summed E-state index contributed by atoms with van der Waals surface area (Å²) in [6.45, 7) is 0. The van der Waals surface area contributed by atoms with Crippen LogP contribution in [-0.4, -0.2) is 18.1 Å². The summed E-state index contributed by atoms with van der Waals surface area (Å²) in [5.74, 6) is -0.483. The first kappa shape index (κ1) is 12.3. The second kappa shape index (κ2) is 4.74. The minimum Gasteiger partial charge on any atom is -0.465 e.